The number of carbonyl (C=O) groups excluding carboxylic acids is 2. The maximum Gasteiger partial charge on any atom is 0.272 e. The molecule has 4 rings (SSSR count). The van der Waals surface area contributed by atoms with Crippen molar-refractivity contribution in [2.45, 2.75) is 71.2 Å². The fourth-order valence-electron chi connectivity index (χ4n) is 4.63. The van der Waals surface area contributed by atoms with Crippen LogP contribution < -0.4 is 10.2 Å². The first kappa shape index (κ1) is 24.1. The Bertz CT molecular complexity index is 1030. The summed E-state index contributed by atoms with van der Waals surface area (Å²) in [5.41, 5.74) is 3.36. The highest BCUT2D eigenvalue weighted by Crippen LogP contribution is 2.37. The van der Waals surface area contributed by atoms with Gasteiger partial charge in [-0.3, -0.25) is 14.6 Å². The molecule has 1 aliphatic heterocycles. The van der Waals surface area contributed by atoms with Crippen LogP contribution in [0, 0.1) is 11.8 Å². The average Bonchev–Trinajstić information content (AvgIpc) is 3.68. The van der Waals surface area contributed by atoms with Crippen LogP contribution in [0.4, 0.5) is 5.69 Å². The van der Waals surface area contributed by atoms with E-state index in [0.29, 0.717) is 31.0 Å². The summed E-state index contributed by atoms with van der Waals surface area (Å²) < 4.78 is 0. The van der Waals surface area contributed by atoms with Crippen LogP contribution in [0.2, 0.25) is 0 Å². The molecule has 2 aliphatic rings. The van der Waals surface area contributed by atoms with Gasteiger partial charge < -0.3 is 15.3 Å². The first-order valence-electron chi connectivity index (χ1n) is 12.5. The largest absolute Gasteiger partial charge is 0.392 e. The van der Waals surface area contributed by atoms with Gasteiger partial charge in [-0.25, -0.2) is 0 Å². The van der Waals surface area contributed by atoms with E-state index >= 15 is 0 Å². The Morgan fingerprint density at radius 2 is 1.85 bits per heavy atom. The van der Waals surface area contributed by atoms with Gasteiger partial charge in [0.05, 0.1) is 24.3 Å². The zero-order valence-electron chi connectivity index (χ0n) is 20.1. The van der Waals surface area contributed by atoms with Gasteiger partial charge in [0.1, 0.15) is 0 Å². The number of unbranched alkanes of at least 4 members (excludes halogenated alkanes) is 1. The zero-order chi connectivity index (χ0) is 24.1. The molecule has 1 fully saturated rings. The van der Waals surface area contributed by atoms with E-state index < -0.39 is 18.2 Å². The second-order valence-corrected chi connectivity index (χ2v) is 9.55. The predicted octanol–water partition coefficient (Wildman–Crippen LogP) is 4.45. The summed E-state index contributed by atoms with van der Waals surface area (Å²) in [6.45, 7) is 4.33. The van der Waals surface area contributed by atoms with E-state index in [0.717, 1.165) is 42.5 Å². The van der Waals surface area contributed by atoms with E-state index in [-0.39, 0.29) is 11.8 Å². The number of hydrogen-bond donors (Lipinski definition) is 2. The topological polar surface area (TPSA) is 82.0 Å². The van der Waals surface area contributed by atoms with Crippen LogP contribution in [0.25, 0.3) is 0 Å². The average molecular weight is 462 g/mol. The molecule has 2 amide bonds. The van der Waals surface area contributed by atoms with Crippen LogP contribution in [0.5, 0.6) is 0 Å². The van der Waals surface area contributed by atoms with E-state index in [4.69, 9.17) is 0 Å². The van der Waals surface area contributed by atoms with Gasteiger partial charge in [-0.2, -0.15) is 0 Å². The highest BCUT2D eigenvalue weighted by Gasteiger charge is 2.37. The molecule has 6 nitrogen and oxygen atoms in total. The zero-order valence-corrected chi connectivity index (χ0v) is 20.1. The number of hydrogen-bond acceptors (Lipinski definition) is 4. The Kier molecular flexibility index (Phi) is 7.78. The molecule has 180 valence electrons. The summed E-state index contributed by atoms with van der Waals surface area (Å²) in [5.74, 6) is -0.581. The van der Waals surface area contributed by atoms with Gasteiger partial charge in [0.15, 0.2) is 0 Å². The molecule has 0 bridgehead atoms. The summed E-state index contributed by atoms with van der Waals surface area (Å²) in [5, 5.41) is 13.7. The van der Waals surface area contributed by atoms with Gasteiger partial charge in [-0.05, 0) is 37.3 Å². The number of nitrogens with zero attached hydrogens (tertiary/aromatic N) is 2. The molecule has 1 heterocycles. The Labute approximate surface area is 202 Å². The van der Waals surface area contributed by atoms with Gasteiger partial charge in [0.25, 0.3) is 5.91 Å². The van der Waals surface area contributed by atoms with Crippen molar-refractivity contribution in [3.05, 3.63) is 65.7 Å². The number of amides is 2. The van der Waals surface area contributed by atoms with Crippen LogP contribution >= 0.6 is 0 Å². The lowest BCUT2D eigenvalue weighted by Crippen LogP contribution is -2.50. The van der Waals surface area contributed by atoms with Crippen LogP contribution in [0.3, 0.4) is 0 Å². The predicted molar refractivity (Wildman–Crippen MR) is 135 cm³/mol. The molecular weight excluding hydrogens is 426 g/mol. The highest BCUT2D eigenvalue weighted by molar-refractivity contribution is 6.12. The number of anilines is 1. The number of benzene rings is 2. The monoisotopic (exact) mass is 461 g/mol. The fraction of sp³-hybridized carbons (Fsp3) is 0.464. The molecule has 0 spiro atoms. The highest BCUT2D eigenvalue weighted by atomic mass is 16.3. The van der Waals surface area contributed by atoms with Crippen molar-refractivity contribution < 1.29 is 14.7 Å². The van der Waals surface area contributed by atoms with E-state index in [1.165, 1.54) is 0 Å². The number of carbonyl (C=O) groups is 2. The number of aliphatic hydroxyl groups excluding tert-OH is 1. The minimum absolute atomic E-state index is 0.269. The Balaban J connectivity index is 1.59. The summed E-state index contributed by atoms with van der Waals surface area (Å²) in [6.07, 6.45) is 3.56. The van der Waals surface area contributed by atoms with Crippen LogP contribution in [-0.2, 0) is 16.1 Å². The molecule has 2 aromatic rings. The minimum atomic E-state index is -1.02. The quantitative estimate of drug-likeness (QED) is 0.548. The van der Waals surface area contributed by atoms with Gasteiger partial charge in [-0.15, -0.1) is 0 Å². The molecule has 3 atom stereocenters. The number of nitrogens with one attached hydrogen (secondary N) is 1. The SMILES string of the molecule is CCCC[C@H](O)[C@@H](CC1CC1)C(=O)NC1N=C(C)c2ccccc2N(Cc2ccccc2)C1=O. The fourth-order valence-corrected chi connectivity index (χ4v) is 4.63. The number of aliphatic imine (C=N–C) groups is 1. The number of rotatable bonds is 10. The standard InChI is InChI=1S/C28H35N3O3/c1-3-4-14-25(32)23(17-20-15-16-20)27(33)30-26-28(34)31(18-21-10-6-5-7-11-21)24-13-9-8-12-22(24)19(2)29-26/h5-13,20,23,25-26,32H,3-4,14-18H2,1-2H3,(H,30,33)/t23-,25+,26?/m1/s1. The molecular formula is C28H35N3O3. The smallest absolute Gasteiger partial charge is 0.272 e. The Morgan fingerprint density at radius 1 is 1.15 bits per heavy atom. The summed E-state index contributed by atoms with van der Waals surface area (Å²) in [4.78, 5) is 33.5. The molecule has 2 aromatic carbocycles. The van der Waals surface area contributed by atoms with Crippen LogP contribution in [0.1, 0.15) is 63.5 Å². The Hall–Kier alpha value is -2.99. The van der Waals surface area contributed by atoms with Crippen molar-refractivity contribution >= 4 is 23.2 Å². The van der Waals surface area contributed by atoms with E-state index in [1.807, 2.05) is 61.5 Å². The second-order valence-electron chi connectivity index (χ2n) is 9.55. The first-order chi connectivity index (χ1) is 16.5. The van der Waals surface area contributed by atoms with Crippen molar-refractivity contribution in [2.75, 3.05) is 4.90 Å². The third-order valence-corrected chi connectivity index (χ3v) is 6.81. The molecule has 1 saturated carbocycles. The molecule has 1 aliphatic carbocycles. The van der Waals surface area contributed by atoms with Crippen LogP contribution in [0.15, 0.2) is 59.6 Å². The summed E-state index contributed by atoms with van der Waals surface area (Å²) in [7, 11) is 0. The third-order valence-electron chi connectivity index (χ3n) is 6.81. The molecule has 34 heavy (non-hydrogen) atoms. The number of benzodiazepines with no additional fused rings is 1. The Morgan fingerprint density at radius 3 is 2.56 bits per heavy atom. The molecule has 0 aromatic heterocycles. The van der Waals surface area contributed by atoms with Crippen molar-refractivity contribution in [1.29, 1.82) is 0 Å². The van der Waals surface area contributed by atoms with Crippen molar-refractivity contribution in [3.8, 4) is 0 Å². The summed E-state index contributed by atoms with van der Waals surface area (Å²) in [6, 6.07) is 17.5. The lowest BCUT2D eigenvalue weighted by atomic mass is 9.91. The van der Waals surface area contributed by atoms with E-state index in [1.54, 1.807) is 4.90 Å². The molecule has 2 N–H and O–H groups in total. The van der Waals surface area contributed by atoms with Gasteiger partial charge >= 0.3 is 0 Å². The van der Waals surface area contributed by atoms with Crippen molar-refractivity contribution in [2.24, 2.45) is 16.8 Å². The normalized spacial score (nSPS) is 19.6. The maximum absolute atomic E-state index is 13.7. The maximum atomic E-state index is 13.7. The van der Waals surface area contributed by atoms with E-state index in [9.17, 15) is 14.7 Å². The number of fused-ring (bicyclic) bond motifs is 1. The molecule has 0 radical (unpaired) electrons. The number of aliphatic hydroxyl groups is 1. The van der Waals surface area contributed by atoms with Crippen LogP contribution in [-0.4, -0.2) is 34.9 Å². The first-order valence-corrected chi connectivity index (χ1v) is 12.5. The number of para-hydroxylation sites is 1. The minimum Gasteiger partial charge on any atom is -0.392 e. The van der Waals surface area contributed by atoms with E-state index in [2.05, 4.69) is 17.2 Å². The van der Waals surface area contributed by atoms with Crippen molar-refractivity contribution in [3.63, 3.8) is 0 Å². The lowest BCUT2D eigenvalue weighted by Gasteiger charge is -2.27. The molecule has 1 unspecified atom stereocenters. The van der Waals surface area contributed by atoms with Gasteiger partial charge in [0, 0.05) is 11.3 Å². The second kappa shape index (κ2) is 11.0. The summed E-state index contributed by atoms with van der Waals surface area (Å²) >= 11 is 0. The van der Waals surface area contributed by atoms with Gasteiger partial charge in [-0.1, -0.05) is 81.1 Å². The van der Waals surface area contributed by atoms with Crippen molar-refractivity contribution in [1.82, 2.24) is 5.32 Å². The molecule has 6 heteroatoms. The lowest BCUT2D eigenvalue weighted by molar-refractivity contribution is -0.133. The molecule has 0 saturated heterocycles. The van der Waals surface area contributed by atoms with Gasteiger partial charge in [0.2, 0.25) is 12.1 Å². The third kappa shape index (κ3) is 5.73.